The van der Waals surface area contributed by atoms with Crippen LogP contribution in [0.1, 0.15) is 37.3 Å². The molecule has 5 N–H and O–H groups in total. The van der Waals surface area contributed by atoms with E-state index in [1.165, 1.54) is 6.92 Å². The lowest BCUT2D eigenvalue weighted by Gasteiger charge is -2.61. The summed E-state index contributed by atoms with van der Waals surface area (Å²) >= 11 is 0. The zero-order valence-corrected chi connectivity index (χ0v) is 19.4. The molecule has 1 aromatic carbocycles. The molecule has 5 rings (SSSR count). The topological polar surface area (TPSA) is 166 Å². The second-order valence-electron chi connectivity index (χ2n) is 9.87. The van der Waals surface area contributed by atoms with Gasteiger partial charge in [0.15, 0.2) is 23.7 Å². The predicted molar refractivity (Wildman–Crippen MR) is 119 cm³/mol. The Kier molecular flexibility index (Phi) is 5.35. The van der Waals surface area contributed by atoms with Gasteiger partial charge in [-0.15, -0.1) is 0 Å². The third kappa shape index (κ3) is 3.25. The number of carbonyl (C=O) groups excluding carboxylic acids is 2. The molecule has 11 heteroatoms. The fourth-order valence-electron chi connectivity index (χ4n) is 6.26. The van der Waals surface area contributed by atoms with Crippen molar-refractivity contribution in [1.29, 1.82) is 0 Å². The quantitative estimate of drug-likeness (QED) is 0.331. The summed E-state index contributed by atoms with van der Waals surface area (Å²) in [6, 6.07) is 2.10. The number of rotatable bonds is 6. The van der Waals surface area contributed by atoms with Gasteiger partial charge in [0.1, 0.15) is 11.8 Å². The van der Waals surface area contributed by atoms with Crippen LogP contribution in [0.25, 0.3) is 0 Å². The van der Waals surface area contributed by atoms with Gasteiger partial charge in [-0.2, -0.15) is 0 Å². The van der Waals surface area contributed by atoms with E-state index >= 15 is 0 Å². The summed E-state index contributed by atoms with van der Waals surface area (Å²) in [5, 5.41) is 43.0. The van der Waals surface area contributed by atoms with Crippen molar-refractivity contribution in [3.63, 3.8) is 0 Å². The molecule has 0 saturated carbocycles. The molecule has 2 unspecified atom stereocenters. The van der Waals surface area contributed by atoms with E-state index in [4.69, 9.17) is 14.6 Å². The molecule has 1 aromatic rings. The summed E-state index contributed by atoms with van der Waals surface area (Å²) in [5.41, 5.74) is -0.361. The van der Waals surface area contributed by atoms with Crippen molar-refractivity contribution in [1.82, 2.24) is 10.2 Å². The fourth-order valence-corrected chi connectivity index (χ4v) is 6.26. The smallest absolute Gasteiger partial charge is 0.333 e. The van der Waals surface area contributed by atoms with Gasteiger partial charge in [-0.05, 0) is 51.1 Å². The number of phenols is 1. The van der Waals surface area contributed by atoms with E-state index < -0.39 is 53.5 Å². The minimum Gasteiger partial charge on any atom is -0.504 e. The largest absolute Gasteiger partial charge is 0.504 e. The van der Waals surface area contributed by atoms with Gasteiger partial charge in [0.05, 0.1) is 17.4 Å². The van der Waals surface area contributed by atoms with Gasteiger partial charge in [-0.25, -0.2) is 9.59 Å². The maximum absolute atomic E-state index is 12.8. The molecular formula is C24H28N2O9. The number of carboxylic acid groups (broad SMARTS) is 1. The molecule has 2 heterocycles. The molecule has 1 fully saturated rings. The Hall–Kier alpha value is -3.15. The van der Waals surface area contributed by atoms with Crippen LogP contribution in [0, 0.1) is 0 Å². The lowest BCUT2D eigenvalue weighted by Crippen LogP contribution is -2.74. The highest BCUT2D eigenvalue weighted by atomic mass is 16.6. The summed E-state index contributed by atoms with van der Waals surface area (Å²) in [7, 11) is 1.97. The first-order valence-electron chi connectivity index (χ1n) is 11.6. The number of aliphatic hydroxyl groups is 2. The first-order chi connectivity index (χ1) is 16.5. The monoisotopic (exact) mass is 488 g/mol. The van der Waals surface area contributed by atoms with Crippen LogP contribution in [0.5, 0.6) is 11.5 Å². The summed E-state index contributed by atoms with van der Waals surface area (Å²) in [6.07, 6.45) is -0.467. The average molecular weight is 488 g/mol. The van der Waals surface area contributed by atoms with Gasteiger partial charge >= 0.3 is 11.9 Å². The number of ether oxygens (including phenoxy) is 2. The minimum atomic E-state index is -1.88. The van der Waals surface area contributed by atoms with E-state index in [9.17, 15) is 29.7 Å². The lowest BCUT2D eigenvalue weighted by molar-refractivity contribution is -0.170. The lowest BCUT2D eigenvalue weighted by atomic mass is 9.50. The van der Waals surface area contributed by atoms with Crippen LogP contribution >= 0.6 is 0 Å². The number of likely N-dealkylation sites (N-methyl/N-ethyl adjacent to an activating group) is 1. The van der Waals surface area contributed by atoms with Crippen molar-refractivity contribution in [3.05, 3.63) is 35.1 Å². The van der Waals surface area contributed by atoms with Crippen molar-refractivity contribution >= 4 is 17.8 Å². The Balaban J connectivity index is 1.42. The van der Waals surface area contributed by atoms with Crippen molar-refractivity contribution in [3.8, 4) is 11.5 Å². The molecule has 35 heavy (non-hydrogen) atoms. The van der Waals surface area contributed by atoms with Crippen molar-refractivity contribution in [2.24, 2.45) is 0 Å². The summed E-state index contributed by atoms with van der Waals surface area (Å²) < 4.78 is 11.9. The highest BCUT2D eigenvalue weighted by Gasteiger charge is 2.72. The second-order valence-corrected chi connectivity index (χ2v) is 9.87. The van der Waals surface area contributed by atoms with Gasteiger partial charge in [-0.3, -0.25) is 4.79 Å². The number of carbonyl (C=O) groups is 3. The molecule has 11 nitrogen and oxygen atoms in total. The molecule has 1 saturated heterocycles. The molecule has 0 radical (unpaired) electrons. The summed E-state index contributed by atoms with van der Waals surface area (Å²) in [5.74, 6) is -2.73. The van der Waals surface area contributed by atoms with Crippen LogP contribution in [0.3, 0.4) is 0 Å². The van der Waals surface area contributed by atoms with Crippen LogP contribution in [0.15, 0.2) is 24.0 Å². The molecule has 2 aliphatic carbocycles. The number of hydrogen-bond donors (Lipinski definition) is 5. The van der Waals surface area contributed by atoms with Gasteiger partial charge < -0.3 is 40.1 Å². The molecule has 2 aliphatic heterocycles. The Morgan fingerprint density at radius 2 is 2.09 bits per heavy atom. The number of nitrogens with zero attached hydrogens (tertiary/aromatic N) is 1. The van der Waals surface area contributed by atoms with Gasteiger partial charge in [0, 0.05) is 18.0 Å². The fraction of sp³-hybridized carbons (Fsp3) is 0.542. The number of phenolic OH excluding ortho intramolecular Hbond substituents is 1. The van der Waals surface area contributed by atoms with E-state index in [1.54, 1.807) is 12.1 Å². The number of amides is 1. The molecule has 188 valence electrons. The average Bonchev–Trinajstić information content (AvgIpc) is 3.15. The van der Waals surface area contributed by atoms with E-state index in [-0.39, 0.29) is 24.0 Å². The van der Waals surface area contributed by atoms with E-state index in [0.29, 0.717) is 25.1 Å². The molecule has 2 bridgehead atoms. The Morgan fingerprint density at radius 3 is 2.80 bits per heavy atom. The van der Waals surface area contributed by atoms with Crippen molar-refractivity contribution < 1.29 is 44.3 Å². The Morgan fingerprint density at radius 1 is 1.34 bits per heavy atom. The third-order valence-electron chi connectivity index (χ3n) is 7.97. The molecule has 0 aromatic heterocycles. The van der Waals surface area contributed by atoms with Gasteiger partial charge in [0.25, 0.3) is 0 Å². The number of aliphatic hydroxyl groups excluding tert-OH is 1. The van der Waals surface area contributed by atoms with Crippen LogP contribution in [-0.4, -0.2) is 86.7 Å². The van der Waals surface area contributed by atoms with E-state index in [1.807, 2.05) is 13.1 Å². The predicted octanol–water partition coefficient (Wildman–Crippen LogP) is -0.447. The number of piperidine rings is 1. The van der Waals surface area contributed by atoms with E-state index in [2.05, 4.69) is 10.2 Å². The molecule has 6 atom stereocenters. The van der Waals surface area contributed by atoms with Crippen LogP contribution in [0.2, 0.25) is 0 Å². The Labute approximate surface area is 200 Å². The van der Waals surface area contributed by atoms with Crippen molar-refractivity contribution in [2.75, 3.05) is 13.6 Å². The maximum Gasteiger partial charge on any atom is 0.333 e. The van der Waals surface area contributed by atoms with Gasteiger partial charge in [0.2, 0.25) is 5.91 Å². The zero-order chi connectivity index (χ0) is 25.3. The number of benzene rings is 1. The van der Waals surface area contributed by atoms with Crippen LogP contribution in [0.4, 0.5) is 0 Å². The molecular weight excluding hydrogens is 460 g/mol. The molecule has 1 amide bonds. The summed E-state index contributed by atoms with van der Waals surface area (Å²) in [6.45, 7) is 2.06. The van der Waals surface area contributed by atoms with Gasteiger partial charge in [-0.1, -0.05) is 6.07 Å². The highest BCUT2D eigenvalue weighted by Crippen LogP contribution is 2.65. The first-order valence-corrected chi connectivity index (χ1v) is 11.6. The number of carboxylic acids is 1. The minimum absolute atomic E-state index is 0.0458. The van der Waals surface area contributed by atoms with Crippen molar-refractivity contribution in [2.45, 2.75) is 67.9 Å². The maximum atomic E-state index is 12.8. The summed E-state index contributed by atoms with van der Waals surface area (Å²) in [4.78, 5) is 37.7. The van der Waals surface area contributed by atoms with E-state index in [0.717, 1.165) is 11.1 Å². The second kappa shape index (κ2) is 7.94. The number of nitrogens with one attached hydrogen (secondary N) is 1. The SMILES string of the molecule is CC(NC(=O)CC(O)C(=O)O)C(=O)OC1=CC[C@@]2(O)[C@H]3Cc4ccc(O)c5c4[C@@]2(CCN3C)[C@H]1O5. The standard InChI is InChI=1S/C24H28N2O9/c1-11(25-17(29)10-14(28)21(30)31)22(32)34-15-5-6-24(33)16-9-12-3-4-13(27)19-18(12)23(24,20(15)35-19)7-8-26(16)2/h3-5,11,14,16,20,27-28,33H,6-10H2,1-2H3,(H,25,29)(H,30,31)/t11?,14?,16-,20+,23+,24-/m1/s1. The number of aliphatic carboxylic acids is 1. The third-order valence-corrected chi connectivity index (χ3v) is 7.97. The first kappa shape index (κ1) is 23.6. The normalized spacial score (nSPS) is 31.9. The highest BCUT2D eigenvalue weighted by molar-refractivity contribution is 5.87. The number of likely N-dealkylation sites (tertiary alicyclic amines) is 1. The number of hydrogen-bond acceptors (Lipinski definition) is 9. The number of esters is 1. The molecule has 1 spiro atoms. The number of aromatic hydroxyl groups is 1. The van der Waals surface area contributed by atoms with Crippen LogP contribution < -0.4 is 10.1 Å². The zero-order valence-electron chi connectivity index (χ0n) is 19.4. The van der Waals surface area contributed by atoms with Crippen LogP contribution in [-0.2, 0) is 31.0 Å². The Bertz CT molecular complexity index is 1150. The molecule has 4 aliphatic rings.